The minimum atomic E-state index is -3.70. The average Bonchev–Trinajstić information content (AvgIpc) is 2.84. The molecule has 2 aromatic rings. The summed E-state index contributed by atoms with van der Waals surface area (Å²) >= 11 is 6.25. The SMILES string of the molecule is Cc1nc2c(c(S(=O)(=O)N3CCOCC3)nn2C)c(C)c1Cl. The van der Waals surface area contributed by atoms with E-state index in [2.05, 4.69) is 10.1 Å². The number of pyridine rings is 1. The number of hydrogen-bond donors (Lipinski definition) is 0. The first-order chi connectivity index (χ1) is 10.3. The molecule has 0 radical (unpaired) electrons. The number of aryl methyl sites for hydroxylation is 3. The van der Waals surface area contributed by atoms with E-state index in [1.165, 1.54) is 8.99 Å². The maximum atomic E-state index is 12.9. The van der Waals surface area contributed by atoms with Crippen molar-refractivity contribution in [1.29, 1.82) is 0 Å². The Morgan fingerprint density at radius 2 is 1.86 bits per heavy atom. The molecule has 22 heavy (non-hydrogen) atoms. The number of sulfonamides is 1. The summed E-state index contributed by atoms with van der Waals surface area (Å²) in [6, 6.07) is 0. The first kappa shape index (κ1) is 15.7. The molecule has 2 aromatic heterocycles. The Kier molecular flexibility index (Phi) is 3.88. The molecule has 1 fully saturated rings. The third kappa shape index (κ3) is 2.30. The first-order valence-corrected chi connectivity index (χ1v) is 8.73. The molecule has 0 N–H and O–H groups in total. The van der Waals surface area contributed by atoms with Crippen molar-refractivity contribution in [3.63, 3.8) is 0 Å². The van der Waals surface area contributed by atoms with Gasteiger partial charge in [0.2, 0.25) is 5.03 Å². The Morgan fingerprint density at radius 1 is 1.23 bits per heavy atom. The van der Waals surface area contributed by atoms with Gasteiger partial charge in [-0.15, -0.1) is 0 Å². The number of morpholine rings is 1. The van der Waals surface area contributed by atoms with Crippen molar-refractivity contribution in [2.75, 3.05) is 26.3 Å². The van der Waals surface area contributed by atoms with Crippen LogP contribution in [0.5, 0.6) is 0 Å². The number of hydrogen-bond acceptors (Lipinski definition) is 5. The van der Waals surface area contributed by atoms with Crippen molar-refractivity contribution in [3.8, 4) is 0 Å². The Morgan fingerprint density at radius 3 is 2.50 bits per heavy atom. The molecule has 0 atom stereocenters. The van der Waals surface area contributed by atoms with E-state index < -0.39 is 10.0 Å². The third-order valence-electron chi connectivity index (χ3n) is 3.83. The highest BCUT2D eigenvalue weighted by Gasteiger charge is 2.32. The van der Waals surface area contributed by atoms with Crippen molar-refractivity contribution in [2.24, 2.45) is 7.05 Å². The summed E-state index contributed by atoms with van der Waals surface area (Å²) in [5, 5.41) is 5.18. The number of aromatic nitrogens is 3. The molecule has 9 heteroatoms. The van der Waals surface area contributed by atoms with E-state index in [-0.39, 0.29) is 5.03 Å². The Balaban J connectivity index is 2.25. The van der Waals surface area contributed by atoms with Gasteiger partial charge in [-0.05, 0) is 19.4 Å². The second-order valence-corrected chi connectivity index (χ2v) is 7.51. The lowest BCUT2D eigenvalue weighted by atomic mass is 10.2. The van der Waals surface area contributed by atoms with E-state index in [9.17, 15) is 8.42 Å². The molecular weight excluding hydrogens is 328 g/mol. The number of nitrogens with zero attached hydrogens (tertiary/aromatic N) is 4. The second-order valence-electron chi connectivity index (χ2n) is 5.28. The highest BCUT2D eigenvalue weighted by molar-refractivity contribution is 7.89. The molecule has 0 aliphatic carbocycles. The average molecular weight is 345 g/mol. The maximum absolute atomic E-state index is 12.9. The minimum absolute atomic E-state index is 0.0128. The zero-order valence-corrected chi connectivity index (χ0v) is 14.2. The smallest absolute Gasteiger partial charge is 0.263 e. The van der Waals surface area contributed by atoms with Crippen molar-refractivity contribution >= 4 is 32.7 Å². The molecule has 3 heterocycles. The summed E-state index contributed by atoms with van der Waals surface area (Å²) < 4.78 is 33.9. The van der Waals surface area contributed by atoms with Crippen LogP contribution >= 0.6 is 11.6 Å². The molecule has 120 valence electrons. The molecule has 7 nitrogen and oxygen atoms in total. The fraction of sp³-hybridized carbons (Fsp3) is 0.538. The quantitative estimate of drug-likeness (QED) is 0.819. The summed E-state index contributed by atoms with van der Waals surface area (Å²) in [6.45, 7) is 5.01. The Bertz CT molecular complexity index is 841. The van der Waals surface area contributed by atoms with Gasteiger partial charge in [0.15, 0.2) is 5.65 Å². The Hall–Kier alpha value is -1.22. The van der Waals surface area contributed by atoms with E-state index in [0.717, 1.165) is 0 Å². The van der Waals surface area contributed by atoms with Crippen LogP contribution in [0.25, 0.3) is 11.0 Å². The number of rotatable bonds is 2. The monoisotopic (exact) mass is 344 g/mol. The highest BCUT2D eigenvalue weighted by Crippen LogP contribution is 2.32. The molecule has 0 aromatic carbocycles. The topological polar surface area (TPSA) is 77.3 Å². The molecule has 0 saturated carbocycles. The van der Waals surface area contributed by atoms with Crippen LogP contribution in [0.1, 0.15) is 11.3 Å². The normalized spacial score (nSPS) is 17.3. The number of fused-ring (bicyclic) bond motifs is 1. The molecule has 1 aliphatic rings. The van der Waals surface area contributed by atoms with E-state index in [1.54, 1.807) is 20.9 Å². The maximum Gasteiger partial charge on any atom is 0.263 e. The lowest BCUT2D eigenvalue weighted by molar-refractivity contribution is 0.0729. The summed E-state index contributed by atoms with van der Waals surface area (Å²) in [4.78, 5) is 4.38. The van der Waals surface area contributed by atoms with Crippen molar-refractivity contribution in [1.82, 2.24) is 19.1 Å². The van der Waals surface area contributed by atoms with E-state index in [1.807, 2.05) is 0 Å². The zero-order chi connectivity index (χ0) is 16.1. The minimum Gasteiger partial charge on any atom is -0.379 e. The van der Waals surface area contributed by atoms with Crippen LogP contribution in [-0.2, 0) is 21.8 Å². The summed E-state index contributed by atoms with van der Waals surface area (Å²) in [5.74, 6) is 0. The molecule has 3 rings (SSSR count). The molecule has 0 unspecified atom stereocenters. The fourth-order valence-corrected chi connectivity index (χ4v) is 4.37. The van der Waals surface area contributed by atoms with Crippen LogP contribution in [0.2, 0.25) is 5.02 Å². The number of halogens is 1. The largest absolute Gasteiger partial charge is 0.379 e. The second kappa shape index (κ2) is 5.45. The lowest BCUT2D eigenvalue weighted by Crippen LogP contribution is -2.40. The third-order valence-corrected chi connectivity index (χ3v) is 6.21. The lowest BCUT2D eigenvalue weighted by Gasteiger charge is -2.25. The van der Waals surface area contributed by atoms with Crippen LogP contribution in [0.4, 0.5) is 0 Å². The predicted octanol–water partition coefficient (Wildman–Crippen LogP) is 1.26. The van der Waals surface area contributed by atoms with Gasteiger partial charge >= 0.3 is 0 Å². The van der Waals surface area contributed by atoms with Gasteiger partial charge in [-0.3, -0.25) is 0 Å². The number of ether oxygens (including phenoxy) is 1. The van der Waals surface area contributed by atoms with Crippen LogP contribution in [0, 0.1) is 13.8 Å². The van der Waals surface area contributed by atoms with Gasteiger partial charge in [0.1, 0.15) is 0 Å². The van der Waals surface area contributed by atoms with E-state index >= 15 is 0 Å². The molecule has 0 amide bonds. The van der Waals surface area contributed by atoms with Crippen LogP contribution in [0.15, 0.2) is 5.03 Å². The van der Waals surface area contributed by atoms with Gasteiger partial charge in [0.05, 0.1) is 29.3 Å². The first-order valence-electron chi connectivity index (χ1n) is 6.91. The standard InChI is InChI=1S/C13H17ClN4O3S/c1-8-10-12(15-9(2)11(8)14)17(3)16-13(10)22(19,20)18-4-6-21-7-5-18/h4-7H2,1-3H3. The van der Waals surface area contributed by atoms with E-state index in [0.29, 0.717) is 53.6 Å². The van der Waals surface area contributed by atoms with Crippen molar-refractivity contribution < 1.29 is 13.2 Å². The summed E-state index contributed by atoms with van der Waals surface area (Å²) in [6.07, 6.45) is 0. The van der Waals surface area contributed by atoms with Gasteiger partial charge in [0.25, 0.3) is 10.0 Å². The summed E-state index contributed by atoms with van der Waals surface area (Å²) in [5.41, 5.74) is 1.86. The van der Waals surface area contributed by atoms with E-state index in [4.69, 9.17) is 16.3 Å². The van der Waals surface area contributed by atoms with Crippen LogP contribution in [-0.4, -0.2) is 53.8 Å². The van der Waals surface area contributed by atoms with Gasteiger partial charge in [-0.1, -0.05) is 11.6 Å². The Labute approximate surface area is 133 Å². The molecule has 1 aliphatic heterocycles. The molecule has 0 spiro atoms. The van der Waals surface area contributed by atoms with Crippen LogP contribution in [0.3, 0.4) is 0 Å². The van der Waals surface area contributed by atoms with Gasteiger partial charge in [-0.25, -0.2) is 18.1 Å². The van der Waals surface area contributed by atoms with Gasteiger partial charge in [-0.2, -0.15) is 9.40 Å². The summed E-state index contributed by atoms with van der Waals surface area (Å²) in [7, 11) is -2.02. The predicted molar refractivity (Wildman–Crippen MR) is 82.6 cm³/mol. The fourth-order valence-electron chi connectivity index (χ4n) is 2.63. The highest BCUT2D eigenvalue weighted by atomic mass is 35.5. The molecule has 1 saturated heterocycles. The van der Waals surface area contributed by atoms with Crippen LogP contribution < -0.4 is 0 Å². The van der Waals surface area contributed by atoms with Gasteiger partial charge in [0, 0.05) is 20.1 Å². The van der Waals surface area contributed by atoms with Gasteiger partial charge < -0.3 is 4.74 Å². The molecule has 0 bridgehead atoms. The zero-order valence-electron chi connectivity index (χ0n) is 12.6. The van der Waals surface area contributed by atoms with Crippen molar-refractivity contribution in [3.05, 3.63) is 16.3 Å². The van der Waals surface area contributed by atoms with Crippen molar-refractivity contribution in [2.45, 2.75) is 18.9 Å². The molecular formula is C13H17ClN4O3S.